The number of rotatable bonds is 4. The maximum absolute atomic E-state index is 5.65. The van der Waals surface area contributed by atoms with Crippen LogP contribution in [0.1, 0.15) is 16.8 Å². The molecule has 108 valence electrons. The van der Waals surface area contributed by atoms with E-state index in [1.54, 1.807) is 4.68 Å². The van der Waals surface area contributed by atoms with Crippen LogP contribution in [0.3, 0.4) is 0 Å². The van der Waals surface area contributed by atoms with E-state index in [1.807, 2.05) is 20.0 Å². The van der Waals surface area contributed by atoms with Crippen molar-refractivity contribution in [2.75, 3.05) is 0 Å². The van der Waals surface area contributed by atoms with E-state index < -0.39 is 0 Å². The Balaban J connectivity index is 1.70. The number of hydrogen-bond donors (Lipinski definition) is 0. The molecule has 0 unspecified atom stereocenters. The molecule has 3 aromatic rings. The average Bonchev–Trinajstić information content (AvgIpc) is 3.04. The second-order valence-electron chi connectivity index (χ2n) is 4.95. The summed E-state index contributed by atoms with van der Waals surface area (Å²) >= 11 is 1.53. The van der Waals surface area contributed by atoms with Gasteiger partial charge in [-0.3, -0.25) is 4.68 Å². The minimum atomic E-state index is 0.463. The van der Waals surface area contributed by atoms with Crippen LogP contribution in [0.15, 0.2) is 40.0 Å². The summed E-state index contributed by atoms with van der Waals surface area (Å²) in [6, 6.07) is 10.3. The number of benzene rings is 1. The summed E-state index contributed by atoms with van der Waals surface area (Å²) in [4.78, 5) is 0. The summed E-state index contributed by atoms with van der Waals surface area (Å²) in [6.45, 7) is 4.07. The molecule has 0 amide bonds. The molecule has 0 bridgehead atoms. The quantitative estimate of drug-likeness (QED) is 0.691. The van der Waals surface area contributed by atoms with Crippen LogP contribution in [-0.4, -0.2) is 20.0 Å². The van der Waals surface area contributed by atoms with Crippen molar-refractivity contribution in [3.63, 3.8) is 0 Å². The number of aryl methyl sites for hydroxylation is 3. The zero-order valence-electron chi connectivity index (χ0n) is 12.2. The fraction of sp³-hybridized carbons (Fsp3) is 0.267. The Bertz CT molecular complexity index is 743. The van der Waals surface area contributed by atoms with Crippen LogP contribution in [0, 0.1) is 13.8 Å². The van der Waals surface area contributed by atoms with Gasteiger partial charge in [-0.15, -0.1) is 10.2 Å². The highest BCUT2D eigenvalue weighted by Gasteiger charge is 2.13. The molecule has 0 spiro atoms. The van der Waals surface area contributed by atoms with Crippen LogP contribution in [0.2, 0.25) is 0 Å². The summed E-state index contributed by atoms with van der Waals surface area (Å²) in [6.07, 6.45) is 0. The molecule has 0 aliphatic carbocycles. The van der Waals surface area contributed by atoms with Crippen molar-refractivity contribution in [3.8, 4) is 11.6 Å². The van der Waals surface area contributed by atoms with E-state index >= 15 is 0 Å². The molecule has 21 heavy (non-hydrogen) atoms. The van der Waals surface area contributed by atoms with Gasteiger partial charge in [0, 0.05) is 18.5 Å². The van der Waals surface area contributed by atoms with E-state index in [4.69, 9.17) is 4.42 Å². The summed E-state index contributed by atoms with van der Waals surface area (Å²) in [5.41, 5.74) is 4.26. The molecular weight excluding hydrogens is 284 g/mol. The van der Waals surface area contributed by atoms with Crippen LogP contribution in [0.4, 0.5) is 0 Å². The molecule has 1 aromatic carbocycles. The van der Waals surface area contributed by atoms with Crippen molar-refractivity contribution in [2.24, 2.45) is 7.05 Å². The average molecular weight is 300 g/mol. The summed E-state index contributed by atoms with van der Waals surface area (Å²) in [7, 11) is 1.89. The smallest absolute Gasteiger partial charge is 0.277 e. The largest absolute Gasteiger partial charge is 0.410 e. The Morgan fingerprint density at radius 3 is 2.76 bits per heavy atom. The summed E-state index contributed by atoms with van der Waals surface area (Å²) in [5.74, 6) is 1.27. The van der Waals surface area contributed by atoms with Crippen molar-refractivity contribution in [2.45, 2.75) is 24.8 Å². The SMILES string of the molecule is Cc1cccc(CSc2nnc(-c3cc(C)n(C)n3)o2)c1. The third-order valence-corrected chi connectivity index (χ3v) is 4.07. The van der Waals surface area contributed by atoms with Crippen LogP contribution < -0.4 is 0 Å². The van der Waals surface area contributed by atoms with Crippen LogP contribution in [0.5, 0.6) is 0 Å². The molecular formula is C15H16N4OS. The molecule has 0 aliphatic heterocycles. The normalized spacial score (nSPS) is 11.0. The highest BCUT2D eigenvalue weighted by Crippen LogP contribution is 2.25. The predicted octanol–water partition coefficient (Wildman–Crippen LogP) is 3.38. The van der Waals surface area contributed by atoms with Gasteiger partial charge in [0.2, 0.25) is 0 Å². The van der Waals surface area contributed by atoms with Gasteiger partial charge in [-0.1, -0.05) is 41.6 Å². The van der Waals surface area contributed by atoms with Crippen molar-refractivity contribution in [1.29, 1.82) is 0 Å². The third-order valence-electron chi connectivity index (χ3n) is 3.18. The number of aromatic nitrogens is 4. The Morgan fingerprint density at radius 1 is 1.19 bits per heavy atom. The fourth-order valence-corrected chi connectivity index (χ4v) is 2.69. The maximum atomic E-state index is 5.65. The van der Waals surface area contributed by atoms with Gasteiger partial charge in [-0.25, -0.2) is 0 Å². The number of hydrogen-bond acceptors (Lipinski definition) is 5. The lowest BCUT2D eigenvalue weighted by molar-refractivity contribution is 0.464. The molecule has 0 fully saturated rings. The van der Waals surface area contributed by atoms with Gasteiger partial charge in [-0.05, 0) is 25.5 Å². The molecule has 0 saturated heterocycles. The summed E-state index contributed by atoms with van der Waals surface area (Å²) in [5, 5.41) is 13.0. The highest BCUT2D eigenvalue weighted by molar-refractivity contribution is 7.98. The van der Waals surface area contributed by atoms with Crippen molar-refractivity contribution >= 4 is 11.8 Å². The van der Waals surface area contributed by atoms with Crippen LogP contribution >= 0.6 is 11.8 Å². The first kappa shape index (κ1) is 13.9. The highest BCUT2D eigenvalue weighted by atomic mass is 32.2. The van der Waals surface area contributed by atoms with Crippen molar-refractivity contribution < 1.29 is 4.42 Å². The van der Waals surface area contributed by atoms with Gasteiger partial charge in [0.15, 0.2) is 0 Å². The zero-order chi connectivity index (χ0) is 14.8. The summed E-state index contributed by atoms with van der Waals surface area (Å²) < 4.78 is 7.45. The zero-order valence-corrected chi connectivity index (χ0v) is 13.0. The second kappa shape index (κ2) is 5.73. The first-order chi connectivity index (χ1) is 10.1. The Hall–Kier alpha value is -2.08. The van der Waals surface area contributed by atoms with Crippen LogP contribution in [-0.2, 0) is 12.8 Å². The van der Waals surface area contributed by atoms with Gasteiger partial charge >= 0.3 is 0 Å². The molecule has 2 aromatic heterocycles. The van der Waals surface area contributed by atoms with Crippen molar-refractivity contribution in [3.05, 3.63) is 47.2 Å². The van der Waals surface area contributed by atoms with Gasteiger partial charge in [-0.2, -0.15) is 5.10 Å². The fourth-order valence-electron chi connectivity index (χ4n) is 1.98. The van der Waals surface area contributed by atoms with Gasteiger partial charge in [0.05, 0.1) is 0 Å². The molecule has 5 nitrogen and oxygen atoms in total. The standard InChI is InChI=1S/C15H16N4OS/c1-10-5-4-6-12(7-10)9-21-15-17-16-14(20-15)13-8-11(2)19(3)18-13/h4-8H,9H2,1-3H3. The van der Waals surface area contributed by atoms with E-state index in [2.05, 4.69) is 46.5 Å². The Kier molecular flexibility index (Phi) is 3.79. The Morgan fingerprint density at radius 2 is 2.05 bits per heavy atom. The van der Waals surface area contributed by atoms with E-state index in [-0.39, 0.29) is 0 Å². The minimum absolute atomic E-state index is 0.463. The van der Waals surface area contributed by atoms with E-state index in [0.717, 1.165) is 11.4 Å². The first-order valence-electron chi connectivity index (χ1n) is 6.64. The molecule has 0 saturated carbocycles. The lowest BCUT2D eigenvalue weighted by Gasteiger charge is -1.99. The van der Waals surface area contributed by atoms with Gasteiger partial charge in [0.1, 0.15) is 5.69 Å². The Labute approximate surface area is 127 Å². The second-order valence-corrected chi connectivity index (χ2v) is 5.87. The molecule has 0 radical (unpaired) electrons. The van der Waals surface area contributed by atoms with Crippen molar-refractivity contribution in [1.82, 2.24) is 20.0 Å². The number of thioether (sulfide) groups is 1. The predicted molar refractivity (Wildman–Crippen MR) is 82.0 cm³/mol. The molecule has 3 rings (SSSR count). The molecule has 0 aliphatic rings. The van der Waals surface area contributed by atoms with E-state index in [0.29, 0.717) is 16.8 Å². The topological polar surface area (TPSA) is 56.7 Å². The van der Waals surface area contributed by atoms with Gasteiger partial charge in [0.25, 0.3) is 11.1 Å². The monoisotopic (exact) mass is 300 g/mol. The number of nitrogens with zero attached hydrogens (tertiary/aromatic N) is 4. The van der Waals surface area contributed by atoms with E-state index in [9.17, 15) is 0 Å². The van der Waals surface area contributed by atoms with E-state index in [1.165, 1.54) is 22.9 Å². The van der Waals surface area contributed by atoms with Crippen LogP contribution in [0.25, 0.3) is 11.6 Å². The lowest BCUT2D eigenvalue weighted by Crippen LogP contribution is -1.92. The first-order valence-corrected chi connectivity index (χ1v) is 7.63. The third kappa shape index (κ3) is 3.16. The lowest BCUT2D eigenvalue weighted by atomic mass is 10.2. The molecule has 0 N–H and O–H groups in total. The van der Waals surface area contributed by atoms with Gasteiger partial charge < -0.3 is 4.42 Å². The molecule has 0 atom stereocenters. The maximum Gasteiger partial charge on any atom is 0.277 e. The minimum Gasteiger partial charge on any atom is -0.410 e. The molecule has 6 heteroatoms. The molecule has 2 heterocycles.